The SMILES string of the molecule is CC(C)COc1nc(-c2ccc3c(c2)OCO3)n(-c2ccc(NC(=O)C(C)(C)CCl)cc2)n1. The number of alkyl halides is 1. The fourth-order valence-corrected chi connectivity index (χ4v) is 3.17. The number of amides is 1. The van der Waals surface area contributed by atoms with Crippen molar-refractivity contribution < 1.29 is 19.0 Å². The predicted octanol–water partition coefficient (Wildman–Crippen LogP) is 4.90. The van der Waals surface area contributed by atoms with E-state index in [1.165, 1.54) is 0 Å². The van der Waals surface area contributed by atoms with Crippen LogP contribution in [0.5, 0.6) is 17.5 Å². The van der Waals surface area contributed by atoms with Gasteiger partial charge in [0.25, 0.3) is 0 Å². The molecule has 1 aliphatic heterocycles. The van der Waals surface area contributed by atoms with E-state index in [4.69, 9.17) is 25.8 Å². The molecule has 0 fully saturated rings. The number of ether oxygens (including phenoxy) is 3. The van der Waals surface area contributed by atoms with Crippen LogP contribution in [0.15, 0.2) is 42.5 Å². The predicted molar refractivity (Wildman–Crippen MR) is 126 cm³/mol. The van der Waals surface area contributed by atoms with Crippen LogP contribution in [0.2, 0.25) is 0 Å². The third-order valence-corrected chi connectivity index (χ3v) is 5.75. The number of hydrogen-bond donors (Lipinski definition) is 1. The van der Waals surface area contributed by atoms with E-state index in [0.29, 0.717) is 35.5 Å². The Hall–Kier alpha value is -3.26. The molecule has 0 unspecified atom stereocenters. The Morgan fingerprint density at radius 1 is 1.18 bits per heavy atom. The quantitative estimate of drug-likeness (QED) is 0.471. The monoisotopic (exact) mass is 470 g/mol. The van der Waals surface area contributed by atoms with Gasteiger partial charge >= 0.3 is 6.01 Å². The van der Waals surface area contributed by atoms with E-state index >= 15 is 0 Å². The lowest BCUT2D eigenvalue weighted by Crippen LogP contribution is -2.32. The molecule has 2 aromatic carbocycles. The summed E-state index contributed by atoms with van der Waals surface area (Å²) < 4.78 is 18.4. The molecule has 0 atom stereocenters. The van der Waals surface area contributed by atoms with Crippen LogP contribution >= 0.6 is 11.6 Å². The van der Waals surface area contributed by atoms with Gasteiger partial charge in [-0.05, 0) is 62.2 Å². The van der Waals surface area contributed by atoms with Crippen molar-refractivity contribution in [2.75, 3.05) is 24.6 Å². The van der Waals surface area contributed by atoms with Crippen molar-refractivity contribution >= 4 is 23.2 Å². The summed E-state index contributed by atoms with van der Waals surface area (Å²) in [4.78, 5) is 17.0. The van der Waals surface area contributed by atoms with Gasteiger partial charge in [-0.1, -0.05) is 13.8 Å². The molecule has 9 heteroatoms. The Bertz CT molecular complexity index is 1140. The normalized spacial score (nSPS) is 12.8. The fraction of sp³-hybridized carbons (Fsp3) is 0.375. The number of nitrogens with one attached hydrogen (secondary N) is 1. The van der Waals surface area contributed by atoms with Crippen LogP contribution in [0, 0.1) is 11.3 Å². The minimum absolute atomic E-state index is 0.142. The van der Waals surface area contributed by atoms with Crippen LogP contribution in [0.3, 0.4) is 0 Å². The maximum absolute atomic E-state index is 12.4. The first-order valence-corrected chi connectivity index (χ1v) is 11.3. The van der Waals surface area contributed by atoms with E-state index < -0.39 is 5.41 Å². The summed E-state index contributed by atoms with van der Waals surface area (Å²) in [6, 6.07) is 13.3. The van der Waals surface area contributed by atoms with Crippen molar-refractivity contribution in [3.8, 4) is 34.6 Å². The third-order valence-electron chi connectivity index (χ3n) is 5.08. The summed E-state index contributed by atoms with van der Waals surface area (Å²) in [5.74, 6) is 2.39. The number of carbonyl (C=O) groups excluding carboxylic acids is 1. The molecule has 3 aromatic rings. The largest absolute Gasteiger partial charge is 0.462 e. The second kappa shape index (κ2) is 9.31. The Morgan fingerprint density at radius 3 is 2.61 bits per heavy atom. The van der Waals surface area contributed by atoms with Gasteiger partial charge in [0.05, 0.1) is 17.7 Å². The van der Waals surface area contributed by atoms with Gasteiger partial charge in [0.15, 0.2) is 17.3 Å². The van der Waals surface area contributed by atoms with E-state index in [2.05, 4.69) is 29.2 Å². The lowest BCUT2D eigenvalue weighted by atomic mass is 9.95. The number of fused-ring (bicyclic) bond motifs is 1. The Labute approximate surface area is 197 Å². The molecule has 1 aromatic heterocycles. The molecule has 33 heavy (non-hydrogen) atoms. The molecule has 174 valence electrons. The number of benzene rings is 2. The maximum atomic E-state index is 12.4. The van der Waals surface area contributed by atoms with E-state index in [1.54, 1.807) is 18.5 Å². The third kappa shape index (κ3) is 5.06. The number of hydrogen-bond acceptors (Lipinski definition) is 6. The molecule has 0 bridgehead atoms. The number of halogens is 1. The second-order valence-electron chi connectivity index (χ2n) is 8.92. The Balaban J connectivity index is 1.65. The van der Waals surface area contributed by atoms with Gasteiger partial charge in [-0.15, -0.1) is 16.7 Å². The molecule has 1 amide bonds. The van der Waals surface area contributed by atoms with Gasteiger partial charge in [0.2, 0.25) is 12.7 Å². The van der Waals surface area contributed by atoms with Gasteiger partial charge in [-0.25, -0.2) is 4.68 Å². The Morgan fingerprint density at radius 2 is 1.91 bits per heavy atom. The van der Waals surface area contributed by atoms with Crippen molar-refractivity contribution in [2.45, 2.75) is 27.7 Å². The van der Waals surface area contributed by atoms with E-state index in [9.17, 15) is 4.79 Å². The van der Waals surface area contributed by atoms with Crippen molar-refractivity contribution in [1.29, 1.82) is 0 Å². The standard InChI is InChI=1S/C24H27ClN4O4/c1-15(2)12-31-23-27-21(16-5-10-19-20(11-16)33-14-32-19)29(28-23)18-8-6-17(7-9-18)26-22(30)24(3,4)13-25/h5-11,15H,12-14H2,1-4H3,(H,26,30). The molecule has 8 nitrogen and oxygen atoms in total. The summed E-state index contributed by atoms with van der Waals surface area (Å²) in [5.41, 5.74) is 1.58. The molecule has 1 aliphatic rings. The first kappa shape index (κ1) is 22.9. The van der Waals surface area contributed by atoms with Crippen LogP contribution in [-0.4, -0.2) is 40.0 Å². The van der Waals surface area contributed by atoms with E-state index in [-0.39, 0.29) is 24.6 Å². The molecule has 2 heterocycles. The summed E-state index contributed by atoms with van der Waals surface area (Å²) in [6.07, 6.45) is 0. The average Bonchev–Trinajstić information content (AvgIpc) is 3.44. The first-order valence-electron chi connectivity index (χ1n) is 10.7. The second-order valence-corrected chi connectivity index (χ2v) is 9.19. The van der Waals surface area contributed by atoms with Crippen LogP contribution < -0.4 is 19.5 Å². The highest BCUT2D eigenvalue weighted by Crippen LogP contribution is 2.36. The number of anilines is 1. The summed E-state index contributed by atoms with van der Waals surface area (Å²) in [7, 11) is 0. The molecule has 0 spiro atoms. The lowest BCUT2D eigenvalue weighted by molar-refractivity contribution is -0.122. The van der Waals surface area contributed by atoms with E-state index in [1.807, 2.05) is 42.5 Å². The zero-order chi connectivity index (χ0) is 23.6. The summed E-state index contributed by atoms with van der Waals surface area (Å²) in [6.45, 7) is 8.43. The average molecular weight is 471 g/mol. The zero-order valence-electron chi connectivity index (χ0n) is 19.1. The lowest BCUT2D eigenvalue weighted by Gasteiger charge is -2.20. The molecular formula is C24H27ClN4O4. The highest BCUT2D eigenvalue weighted by atomic mass is 35.5. The molecular weight excluding hydrogens is 444 g/mol. The van der Waals surface area contributed by atoms with Gasteiger partial charge < -0.3 is 19.5 Å². The maximum Gasteiger partial charge on any atom is 0.336 e. The minimum atomic E-state index is -0.665. The van der Waals surface area contributed by atoms with Crippen molar-refractivity contribution in [3.63, 3.8) is 0 Å². The molecule has 0 saturated heterocycles. The van der Waals surface area contributed by atoms with Crippen LogP contribution in [0.4, 0.5) is 5.69 Å². The van der Waals surface area contributed by atoms with Crippen LogP contribution in [0.1, 0.15) is 27.7 Å². The number of rotatable bonds is 8. The van der Waals surface area contributed by atoms with Crippen LogP contribution in [-0.2, 0) is 4.79 Å². The van der Waals surface area contributed by atoms with Gasteiger partial charge in [0, 0.05) is 17.1 Å². The number of nitrogens with zero attached hydrogens (tertiary/aromatic N) is 3. The van der Waals surface area contributed by atoms with E-state index in [0.717, 1.165) is 11.3 Å². The number of carbonyl (C=O) groups is 1. The summed E-state index contributed by atoms with van der Waals surface area (Å²) in [5, 5.41) is 7.47. The fourth-order valence-electron chi connectivity index (χ4n) is 3.04. The molecule has 1 N–H and O–H groups in total. The molecule has 0 radical (unpaired) electrons. The molecule has 0 aliphatic carbocycles. The minimum Gasteiger partial charge on any atom is -0.462 e. The first-order chi connectivity index (χ1) is 15.8. The highest BCUT2D eigenvalue weighted by molar-refractivity contribution is 6.20. The highest BCUT2D eigenvalue weighted by Gasteiger charge is 2.26. The number of aromatic nitrogens is 3. The van der Waals surface area contributed by atoms with Crippen LogP contribution in [0.25, 0.3) is 17.1 Å². The Kier molecular flexibility index (Phi) is 6.47. The van der Waals surface area contributed by atoms with Crippen molar-refractivity contribution in [3.05, 3.63) is 42.5 Å². The van der Waals surface area contributed by atoms with Crippen molar-refractivity contribution in [2.24, 2.45) is 11.3 Å². The molecule has 4 rings (SSSR count). The van der Waals surface area contributed by atoms with Gasteiger partial charge in [0.1, 0.15) is 0 Å². The zero-order valence-corrected chi connectivity index (χ0v) is 19.8. The summed E-state index contributed by atoms with van der Waals surface area (Å²) >= 11 is 5.91. The van der Waals surface area contributed by atoms with Crippen molar-refractivity contribution in [1.82, 2.24) is 14.8 Å². The van der Waals surface area contributed by atoms with Gasteiger partial charge in [-0.2, -0.15) is 4.98 Å². The topological polar surface area (TPSA) is 87.5 Å². The smallest absolute Gasteiger partial charge is 0.336 e. The molecule has 0 saturated carbocycles. The van der Waals surface area contributed by atoms with Gasteiger partial charge in [-0.3, -0.25) is 4.79 Å².